The highest BCUT2D eigenvalue weighted by atomic mass is 79.9. The van der Waals surface area contributed by atoms with Gasteiger partial charge in [-0.15, -0.1) is 0 Å². The number of halogens is 1. The van der Waals surface area contributed by atoms with Gasteiger partial charge in [0.2, 0.25) is 0 Å². The molecule has 0 fully saturated rings. The Labute approximate surface area is 109 Å². The van der Waals surface area contributed by atoms with Crippen LogP contribution in [0.5, 0.6) is 11.5 Å². The summed E-state index contributed by atoms with van der Waals surface area (Å²) in [5.41, 5.74) is 6.79. The van der Waals surface area contributed by atoms with Crippen LogP contribution in [0, 0.1) is 6.92 Å². The molecule has 0 spiro atoms. The van der Waals surface area contributed by atoms with E-state index in [1.165, 1.54) is 7.11 Å². The molecule has 0 unspecified atom stereocenters. The molecule has 1 aromatic rings. The first-order valence-corrected chi connectivity index (χ1v) is 6.00. The zero-order valence-electron chi connectivity index (χ0n) is 10.2. The first-order valence-electron chi connectivity index (χ1n) is 5.21. The van der Waals surface area contributed by atoms with Crippen molar-refractivity contribution >= 4 is 21.7 Å². The third-order valence-corrected chi connectivity index (χ3v) is 3.20. The summed E-state index contributed by atoms with van der Waals surface area (Å²) in [5, 5.41) is 0. The van der Waals surface area contributed by atoms with E-state index in [4.69, 9.17) is 15.2 Å². The van der Waals surface area contributed by atoms with E-state index in [-0.39, 0.29) is 12.2 Å². The van der Waals surface area contributed by atoms with Crippen LogP contribution in [0.3, 0.4) is 0 Å². The summed E-state index contributed by atoms with van der Waals surface area (Å²) in [4.78, 5) is 12.0. The summed E-state index contributed by atoms with van der Waals surface area (Å²) in [7, 11) is 3.10. The van der Waals surface area contributed by atoms with E-state index in [9.17, 15) is 4.79 Å². The molecule has 0 aromatic heterocycles. The average Bonchev–Trinajstić information content (AvgIpc) is 2.28. The SMILES string of the molecule is COc1cc(C)c(OC)c(Br)c1C(=O)CCN. The Bertz CT molecular complexity index is 432. The summed E-state index contributed by atoms with van der Waals surface area (Å²) in [6.07, 6.45) is 0.279. The van der Waals surface area contributed by atoms with Gasteiger partial charge in [0.1, 0.15) is 11.5 Å². The second kappa shape index (κ2) is 6.02. The van der Waals surface area contributed by atoms with Crippen molar-refractivity contribution in [2.45, 2.75) is 13.3 Å². The van der Waals surface area contributed by atoms with Gasteiger partial charge in [-0.05, 0) is 41.0 Å². The number of benzene rings is 1. The van der Waals surface area contributed by atoms with E-state index in [1.807, 2.05) is 6.92 Å². The van der Waals surface area contributed by atoms with Crippen molar-refractivity contribution in [3.05, 3.63) is 21.7 Å². The van der Waals surface area contributed by atoms with Gasteiger partial charge in [-0.25, -0.2) is 0 Å². The fourth-order valence-corrected chi connectivity index (χ4v) is 2.55. The number of ketones is 1. The quantitative estimate of drug-likeness (QED) is 0.848. The molecule has 0 aliphatic heterocycles. The molecule has 1 rings (SSSR count). The largest absolute Gasteiger partial charge is 0.496 e. The second-order valence-electron chi connectivity index (χ2n) is 3.58. The minimum atomic E-state index is -0.0606. The zero-order chi connectivity index (χ0) is 13.0. The molecule has 17 heavy (non-hydrogen) atoms. The molecular weight excluding hydrogens is 286 g/mol. The van der Waals surface area contributed by atoms with Crippen LogP contribution in [0.15, 0.2) is 10.5 Å². The monoisotopic (exact) mass is 301 g/mol. The minimum absolute atomic E-state index is 0.0606. The number of nitrogens with two attached hydrogens (primary N) is 1. The second-order valence-corrected chi connectivity index (χ2v) is 4.37. The van der Waals surface area contributed by atoms with Gasteiger partial charge >= 0.3 is 0 Å². The molecule has 0 aliphatic rings. The summed E-state index contributed by atoms with van der Waals surface area (Å²) in [6.45, 7) is 2.20. The first kappa shape index (κ1) is 14.0. The number of ether oxygens (including phenoxy) is 2. The molecule has 0 amide bonds. The highest BCUT2D eigenvalue weighted by Gasteiger charge is 2.20. The number of hydrogen-bond donors (Lipinski definition) is 1. The maximum Gasteiger partial charge on any atom is 0.169 e. The van der Waals surface area contributed by atoms with Crippen LogP contribution in [0.25, 0.3) is 0 Å². The highest BCUT2D eigenvalue weighted by molar-refractivity contribution is 9.10. The lowest BCUT2D eigenvalue weighted by atomic mass is 10.0. The predicted octanol–water partition coefficient (Wildman–Crippen LogP) is 2.31. The van der Waals surface area contributed by atoms with Gasteiger partial charge in [0.15, 0.2) is 5.78 Å². The average molecular weight is 302 g/mol. The number of aryl methyl sites for hydroxylation is 1. The van der Waals surface area contributed by atoms with Crippen LogP contribution >= 0.6 is 15.9 Å². The normalized spacial score (nSPS) is 10.2. The lowest BCUT2D eigenvalue weighted by Gasteiger charge is -2.15. The van der Waals surface area contributed by atoms with Gasteiger partial charge in [0.25, 0.3) is 0 Å². The number of carbonyl (C=O) groups is 1. The van der Waals surface area contributed by atoms with Crippen molar-refractivity contribution in [2.24, 2.45) is 5.73 Å². The molecule has 0 saturated carbocycles. The Morgan fingerprint density at radius 2 is 2.06 bits per heavy atom. The van der Waals surface area contributed by atoms with Gasteiger partial charge in [0.05, 0.1) is 24.3 Å². The molecule has 0 radical (unpaired) electrons. The number of carbonyl (C=O) groups excluding carboxylic acids is 1. The van der Waals surface area contributed by atoms with Crippen molar-refractivity contribution in [3.8, 4) is 11.5 Å². The Morgan fingerprint density at radius 1 is 1.41 bits per heavy atom. The molecular formula is C12H16BrNO3. The van der Waals surface area contributed by atoms with E-state index >= 15 is 0 Å². The maximum atomic E-state index is 12.0. The van der Waals surface area contributed by atoms with Crippen molar-refractivity contribution in [1.82, 2.24) is 0 Å². The van der Waals surface area contributed by atoms with Crippen molar-refractivity contribution in [2.75, 3.05) is 20.8 Å². The fourth-order valence-electron chi connectivity index (χ4n) is 1.66. The standard InChI is InChI=1S/C12H16BrNO3/c1-7-6-9(16-2)10(8(15)4-5-14)11(13)12(7)17-3/h6H,4-5,14H2,1-3H3. The van der Waals surface area contributed by atoms with Crippen LogP contribution in [-0.4, -0.2) is 26.5 Å². The lowest BCUT2D eigenvalue weighted by Crippen LogP contribution is -2.11. The predicted molar refractivity (Wildman–Crippen MR) is 70.0 cm³/mol. The Morgan fingerprint density at radius 3 is 2.53 bits per heavy atom. The summed E-state index contributed by atoms with van der Waals surface area (Å²) in [6, 6.07) is 1.79. The summed E-state index contributed by atoms with van der Waals surface area (Å²) in [5.74, 6) is 1.12. The number of Topliss-reactive ketones (excluding diaryl/α,β-unsaturated/α-hetero) is 1. The number of rotatable bonds is 5. The number of hydrogen-bond acceptors (Lipinski definition) is 4. The van der Waals surface area contributed by atoms with Crippen LogP contribution in [0.2, 0.25) is 0 Å². The van der Waals surface area contributed by atoms with Gasteiger partial charge in [-0.2, -0.15) is 0 Å². The summed E-state index contributed by atoms with van der Waals surface area (Å²) >= 11 is 3.39. The lowest BCUT2D eigenvalue weighted by molar-refractivity contribution is 0.0981. The van der Waals surface area contributed by atoms with Crippen LogP contribution in [0.1, 0.15) is 22.3 Å². The topological polar surface area (TPSA) is 61.5 Å². The van der Waals surface area contributed by atoms with Crippen LogP contribution in [-0.2, 0) is 0 Å². The minimum Gasteiger partial charge on any atom is -0.496 e. The van der Waals surface area contributed by atoms with Crippen LogP contribution < -0.4 is 15.2 Å². The molecule has 0 atom stereocenters. The number of methoxy groups -OCH3 is 2. The molecule has 94 valence electrons. The van der Waals surface area contributed by atoms with Crippen molar-refractivity contribution in [1.29, 1.82) is 0 Å². The Hall–Kier alpha value is -1.07. The van der Waals surface area contributed by atoms with E-state index in [0.717, 1.165) is 5.56 Å². The molecule has 5 heteroatoms. The van der Waals surface area contributed by atoms with Gasteiger partial charge < -0.3 is 15.2 Å². The molecule has 0 heterocycles. The first-order chi connectivity index (χ1) is 8.06. The molecule has 0 bridgehead atoms. The smallest absolute Gasteiger partial charge is 0.169 e. The summed E-state index contributed by atoms with van der Waals surface area (Å²) < 4.78 is 11.1. The molecule has 0 aliphatic carbocycles. The van der Waals surface area contributed by atoms with E-state index < -0.39 is 0 Å². The third-order valence-electron chi connectivity index (χ3n) is 2.45. The van der Waals surface area contributed by atoms with E-state index in [0.29, 0.717) is 28.1 Å². The fraction of sp³-hybridized carbons (Fsp3) is 0.417. The van der Waals surface area contributed by atoms with Gasteiger partial charge in [0, 0.05) is 6.42 Å². The van der Waals surface area contributed by atoms with Crippen molar-refractivity contribution < 1.29 is 14.3 Å². The van der Waals surface area contributed by atoms with E-state index in [2.05, 4.69) is 15.9 Å². The van der Waals surface area contributed by atoms with Crippen molar-refractivity contribution in [3.63, 3.8) is 0 Å². The highest BCUT2D eigenvalue weighted by Crippen LogP contribution is 2.38. The molecule has 0 saturated heterocycles. The van der Waals surface area contributed by atoms with Gasteiger partial charge in [-0.3, -0.25) is 4.79 Å². The third kappa shape index (κ3) is 2.79. The van der Waals surface area contributed by atoms with E-state index in [1.54, 1.807) is 13.2 Å². The zero-order valence-corrected chi connectivity index (χ0v) is 11.8. The molecule has 1 aromatic carbocycles. The van der Waals surface area contributed by atoms with Gasteiger partial charge in [-0.1, -0.05) is 0 Å². The molecule has 4 nitrogen and oxygen atoms in total. The maximum absolute atomic E-state index is 12.0. The van der Waals surface area contributed by atoms with Crippen LogP contribution in [0.4, 0.5) is 0 Å². The Kier molecular flexibility index (Phi) is 4.96. The Balaban J connectivity index is 3.39. The molecule has 2 N–H and O–H groups in total.